The second-order valence-electron chi connectivity index (χ2n) is 5.47. The highest BCUT2D eigenvalue weighted by Crippen LogP contribution is 2.15. The number of rotatable bonds is 10. The lowest BCUT2D eigenvalue weighted by Gasteiger charge is -2.31. The van der Waals surface area contributed by atoms with Crippen LogP contribution in [0.4, 0.5) is 0 Å². The minimum atomic E-state index is 0.493. The standard InChI is InChI=1S/C15H32N2O/c1-2-3-4-5-6-11-17-12-8-15(9-13-17)18-14-7-10-16/h15H,2-14,16H2,1H3. The Balaban J connectivity index is 1.94. The van der Waals surface area contributed by atoms with E-state index in [4.69, 9.17) is 10.5 Å². The van der Waals surface area contributed by atoms with Crippen molar-refractivity contribution in [1.29, 1.82) is 0 Å². The maximum Gasteiger partial charge on any atom is 0.0599 e. The maximum absolute atomic E-state index is 5.82. The Kier molecular flexibility index (Phi) is 9.54. The van der Waals surface area contributed by atoms with Gasteiger partial charge >= 0.3 is 0 Å². The number of unbranched alkanes of at least 4 members (excludes halogenated alkanes) is 4. The number of nitrogens with zero attached hydrogens (tertiary/aromatic N) is 1. The molecule has 18 heavy (non-hydrogen) atoms. The van der Waals surface area contributed by atoms with E-state index in [9.17, 15) is 0 Å². The van der Waals surface area contributed by atoms with E-state index in [1.54, 1.807) is 0 Å². The van der Waals surface area contributed by atoms with Gasteiger partial charge in [0, 0.05) is 19.7 Å². The largest absolute Gasteiger partial charge is 0.378 e. The number of hydrogen-bond donors (Lipinski definition) is 1. The first-order chi connectivity index (χ1) is 8.86. The van der Waals surface area contributed by atoms with Gasteiger partial charge in [0.25, 0.3) is 0 Å². The van der Waals surface area contributed by atoms with E-state index >= 15 is 0 Å². The lowest BCUT2D eigenvalue weighted by atomic mass is 10.1. The molecule has 0 atom stereocenters. The molecule has 2 N–H and O–H groups in total. The van der Waals surface area contributed by atoms with E-state index in [0.717, 1.165) is 19.6 Å². The molecular weight excluding hydrogens is 224 g/mol. The van der Waals surface area contributed by atoms with Crippen LogP contribution >= 0.6 is 0 Å². The molecule has 0 bridgehead atoms. The summed E-state index contributed by atoms with van der Waals surface area (Å²) >= 11 is 0. The van der Waals surface area contributed by atoms with Crippen LogP contribution in [-0.2, 0) is 4.74 Å². The highest BCUT2D eigenvalue weighted by atomic mass is 16.5. The molecule has 0 aliphatic carbocycles. The zero-order valence-electron chi connectivity index (χ0n) is 12.2. The van der Waals surface area contributed by atoms with E-state index < -0.39 is 0 Å². The molecule has 0 aromatic rings. The van der Waals surface area contributed by atoms with Crippen LogP contribution in [0.5, 0.6) is 0 Å². The zero-order valence-corrected chi connectivity index (χ0v) is 12.2. The van der Waals surface area contributed by atoms with Gasteiger partial charge in [-0.05, 0) is 38.8 Å². The minimum Gasteiger partial charge on any atom is -0.378 e. The third-order valence-electron chi connectivity index (χ3n) is 3.81. The third-order valence-corrected chi connectivity index (χ3v) is 3.81. The van der Waals surface area contributed by atoms with Gasteiger partial charge in [0.1, 0.15) is 0 Å². The van der Waals surface area contributed by atoms with Crippen molar-refractivity contribution in [2.45, 2.75) is 64.4 Å². The average molecular weight is 256 g/mol. The molecule has 0 aromatic heterocycles. The first-order valence-electron chi connectivity index (χ1n) is 7.90. The Hall–Kier alpha value is -0.120. The molecule has 3 heteroatoms. The molecule has 0 radical (unpaired) electrons. The summed E-state index contributed by atoms with van der Waals surface area (Å²) in [6.45, 7) is 7.60. The van der Waals surface area contributed by atoms with Crippen LogP contribution in [0.2, 0.25) is 0 Å². The van der Waals surface area contributed by atoms with Crippen LogP contribution in [0.15, 0.2) is 0 Å². The first-order valence-corrected chi connectivity index (χ1v) is 7.90. The van der Waals surface area contributed by atoms with Gasteiger partial charge in [-0.15, -0.1) is 0 Å². The topological polar surface area (TPSA) is 38.5 Å². The van der Waals surface area contributed by atoms with Crippen LogP contribution in [0.1, 0.15) is 58.3 Å². The summed E-state index contributed by atoms with van der Waals surface area (Å²) in [4.78, 5) is 2.61. The van der Waals surface area contributed by atoms with Crippen LogP contribution in [0.3, 0.4) is 0 Å². The van der Waals surface area contributed by atoms with Gasteiger partial charge in [0.15, 0.2) is 0 Å². The van der Waals surface area contributed by atoms with E-state index in [1.165, 1.54) is 64.6 Å². The predicted molar refractivity (Wildman–Crippen MR) is 77.8 cm³/mol. The fourth-order valence-electron chi connectivity index (χ4n) is 2.57. The maximum atomic E-state index is 5.82. The van der Waals surface area contributed by atoms with E-state index in [1.807, 2.05) is 0 Å². The number of hydrogen-bond acceptors (Lipinski definition) is 3. The molecular formula is C15H32N2O. The minimum absolute atomic E-state index is 0.493. The van der Waals surface area contributed by atoms with Crippen molar-refractivity contribution >= 4 is 0 Å². The van der Waals surface area contributed by atoms with Gasteiger partial charge in [-0.3, -0.25) is 0 Å². The van der Waals surface area contributed by atoms with Crippen LogP contribution in [-0.4, -0.2) is 43.8 Å². The monoisotopic (exact) mass is 256 g/mol. The third kappa shape index (κ3) is 7.34. The molecule has 3 nitrogen and oxygen atoms in total. The number of likely N-dealkylation sites (tertiary alicyclic amines) is 1. The summed E-state index contributed by atoms with van der Waals surface area (Å²) in [6.07, 6.45) is 10.8. The second kappa shape index (κ2) is 10.8. The Labute approximate surface area is 113 Å². The SMILES string of the molecule is CCCCCCCN1CCC(OCCCN)CC1. The van der Waals surface area contributed by atoms with Gasteiger partial charge in [-0.2, -0.15) is 0 Å². The van der Waals surface area contributed by atoms with Crippen LogP contribution in [0.25, 0.3) is 0 Å². The molecule has 0 saturated carbocycles. The molecule has 1 heterocycles. The number of nitrogens with two attached hydrogens (primary N) is 1. The lowest BCUT2D eigenvalue weighted by Crippen LogP contribution is -2.37. The molecule has 108 valence electrons. The molecule has 1 aliphatic heterocycles. The number of ether oxygens (including phenoxy) is 1. The molecule has 1 rings (SSSR count). The van der Waals surface area contributed by atoms with Gasteiger partial charge in [-0.1, -0.05) is 32.6 Å². The average Bonchev–Trinajstić information content (AvgIpc) is 2.40. The number of piperidine rings is 1. The van der Waals surface area contributed by atoms with Crippen molar-refractivity contribution in [3.63, 3.8) is 0 Å². The second-order valence-corrected chi connectivity index (χ2v) is 5.47. The molecule has 1 saturated heterocycles. The highest BCUT2D eigenvalue weighted by molar-refractivity contribution is 4.72. The Morgan fingerprint density at radius 1 is 1.06 bits per heavy atom. The smallest absolute Gasteiger partial charge is 0.0599 e. The van der Waals surface area contributed by atoms with Gasteiger partial charge in [-0.25, -0.2) is 0 Å². The quantitative estimate of drug-likeness (QED) is 0.611. The Morgan fingerprint density at radius 3 is 2.44 bits per heavy atom. The first kappa shape index (κ1) is 15.9. The van der Waals surface area contributed by atoms with Gasteiger partial charge in [0.2, 0.25) is 0 Å². The fourth-order valence-corrected chi connectivity index (χ4v) is 2.57. The molecule has 1 aliphatic rings. The normalized spacial score (nSPS) is 18.3. The van der Waals surface area contributed by atoms with Crippen LogP contribution < -0.4 is 5.73 Å². The Morgan fingerprint density at radius 2 is 1.78 bits per heavy atom. The van der Waals surface area contributed by atoms with E-state index in [2.05, 4.69) is 11.8 Å². The zero-order chi connectivity index (χ0) is 13.1. The van der Waals surface area contributed by atoms with Crippen molar-refractivity contribution in [2.75, 3.05) is 32.8 Å². The molecule has 0 aromatic carbocycles. The van der Waals surface area contributed by atoms with E-state index in [0.29, 0.717) is 6.10 Å². The summed E-state index contributed by atoms with van der Waals surface area (Å²) in [5.74, 6) is 0. The van der Waals surface area contributed by atoms with Crippen LogP contribution in [0, 0.1) is 0 Å². The molecule has 0 unspecified atom stereocenters. The predicted octanol–water partition coefficient (Wildman–Crippen LogP) is 2.79. The highest BCUT2D eigenvalue weighted by Gasteiger charge is 2.18. The van der Waals surface area contributed by atoms with Gasteiger partial charge < -0.3 is 15.4 Å². The summed E-state index contributed by atoms with van der Waals surface area (Å²) in [7, 11) is 0. The molecule has 1 fully saturated rings. The molecule has 0 spiro atoms. The molecule has 0 amide bonds. The van der Waals surface area contributed by atoms with Crippen molar-refractivity contribution in [2.24, 2.45) is 5.73 Å². The van der Waals surface area contributed by atoms with Gasteiger partial charge in [0.05, 0.1) is 6.10 Å². The van der Waals surface area contributed by atoms with Crippen molar-refractivity contribution in [1.82, 2.24) is 4.90 Å². The summed E-state index contributed by atoms with van der Waals surface area (Å²) < 4.78 is 5.82. The lowest BCUT2D eigenvalue weighted by molar-refractivity contribution is 0.00700. The Bertz CT molecular complexity index is 179. The van der Waals surface area contributed by atoms with Crippen molar-refractivity contribution < 1.29 is 4.74 Å². The summed E-state index contributed by atoms with van der Waals surface area (Å²) in [5.41, 5.74) is 5.47. The van der Waals surface area contributed by atoms with Crippen molar-refractivity contribution in [3.8, 4) is 0 Å². The van der Waals surface area contributed by atoms with E-state index in [-0.39, 0.29) is 0 Å². The summed E-state index contributed by atoms with van der Waals surface area (Å²) in [5, 5.41) is 0. The van der Waals surface area contributed by atoms with Crippen molar-refractivity contribution in [3.05, 3.63) is 0 Å². The fraction of sp³-hybridized carbons (Fsp3) is 1.00. The summed E-state index contributed by atoms with van der Waals surface area (Å²) in [6, 6.07) is 0.